The fourth-order valence-corrected chi connectivity index (χ4v) is 3.24. The molecule has 0 fully saturated rings. The first kappa shape index (κ1) is 19.5. The van der Waals surface area contributed by atoms with Crippen molar-refractivity contribution in [1.29, 1.82) is 0 Å². The molecule has 0 bridgehead atoms. The number of aryl methyl sites for hydroxylation is 1. The van der Waals surface area contributed by atoms with E-state index < -0.39 is 5.97 Å². The van der Waals surface area contributed by atoms with Crippen molar-refractivity contribution in [3.63, 3.8) is 0 Å². The Hall–Kier alpha value is -3.86. The average Bonchev–Trinajstić information content (AvgIpc) is 3.13. The molecule has 0 unspecified atom stereocenters. The highest BCUT2D eigenvalue weighted by Gasteiger charge is 2.26. The van der Waals surface area contributed by atoms with Crippen LogP contribution in [0.1, 0.15) is 22.3 Å². The van der Waals surface area contributed by atoms with Crippen LogP contribution in [0.5, 0.6) is 11.5 Å². The summed E-state index contributed by atoms with van der Waals surface area (Å²) in [6.45, 7) is 2.49. The molecule has 0 saturated carbocycles. The van der Waals surface area contributed by atoms with Crippen molar-refractivity contribution in [2.24, 2.45) is 5.16 Å². The average molecular weight is 399 g/mol. The van der Waals surface area contributed by atoms with Crippen LogP contribution in [0.4, 0.5) is 0 Å². The van der Waals surface area contributed by atoms with Crippen LogP contribution in [0.25, 0.3) is 6.08 Å². The molecule has 0 saturated heterocycles. The topological polar surface area (TPSA) is 57.1 Å². The Morgan fingerprint density at radius 2 is 1.80 bits per heavy atom. The van der Waals surface area contributed by atoms with Crippen LogP contribution >= 0.6 is 0 Å². The second-order valence-electron chi connectivity index (χ2n) is 6.93. The Morgan fingerprint density at radius 1 is 0.967 bits per heavy atom. The van der Waals surface area contributed by atoms with E-state index >= 15 is 0 Å². The van der Waals surface area contributed by atoms with Crippen LogP contribution in [0.2, 0.25) is 0 Å². The van der Waals surface area contributed by atoms with Crippen LogP contribution < -0.4 is 9.47 Å². The minimum atomic E-state index is -0.479. The Morgan fingerprint density at radius 3 is 2.57 bits per heavy atom. The lowest BCUT2D eigenvalue weighted by Crippen LogP contribution is -2.06. The van der Waals surface area contributed by atoms with Crippen LogP contribution in [-0.2, 0) is 16.2 Å². The highest BCUT2D eigenvalue weighted by molar-refractivity contribution is 6.31. The highest BCUT2D eigenvalue weighted by Crippen LogP contribution is 2.30. The third-order valence-corrected chi connectivity index (χ3v) is 4.72. The zero-order valence-corrected chi connectivity index (χ0v) is 16.8. The summed E-state index contributed by atoms with van der Waals surface area (Å²) >= 11 is 0. The van der Waals surface area contributed by atoms with Crippen LogP contribution in [0.3, 0.4) is 0 Å². The van der Waals surface area contributed by atoms with Gasteiger partial charge in [0, 0.05) is 5.56 Å². The van der Waals surface area contributed by atoms with Crippen molar-refractivity contribution in [3.05, 3.63) is 101 Å². The first-order chi connectivity index (χ1) is 14.6. The number of carbonyl (C=O) groups is 1. The molecule has 3 aromatic carbocycles. The van der Waals surface area contributed by atoms with E-state index in [1.165, 1.54) is 5.56 Å². The largest absolute Gasteiger partial charge is 0.493 e. The van der Waals surface area contributed by atoms with Crippen molar-refractivity contribution in [2.45, 2.75) is 13.5 Å². The number of benzene rings is 3. The molecule has 0 N–H and O–H groups in total. The van der Waals surface area contributed by atoms with Crippen molar-refractivity contribution in [3.8, 4) is 11.5 Å². The van der Waals surface area contributed by atoms with Gasteiger partial charge in [0.05, 0.1) is 12.7 Å². The Balaban J connectivity index is 1.57. The summed E-state index contributed by atoms with van der Waals surface area (Å²) in [7, 11) is 1.59. The lowest BCUT2D eigenvalue weighted by atomic mass is 10.0. The van der Waals surface area contributed by atoms with E-state index in [9.17, 15) is 4.79 Å². The minimum Gasteiger partial charge on any atom is -0.493 e. The summed E-state index contributed by atoms with van der Waals surface area (Å²) in [6, 6.07) is 23.2. The lowest BCUT2D eigenvalue weighted by Gasteiger charge is -2.12. The monoisotopic (exact) mass is 399 g/mol. The number of hydrogen-bond acceptors (Lipinski definition) is 5. The molecule has 0 aromatic heterocycles. The maximum atomic E-state index is 12.2. The molecule has 1 heterocycles. The fourth-order valence-electron chi connectivity index (χ4n) is 3.24. The molecule has 5 nitrogen and oxygen atoms in total. The number of hydrogen-bond donors (Lipinski definition) is 0. The van der Waals surface area contributed by atoms with E-state index in [4.69, 9.17) is 14.3 Å². The zero-order valence-electron chi connectivity index (χ0n) is 16.8. The number of oxime groups is 1. The van der Waals surface area contributed by atoms with Gasteiger partial charge in [-0.15, -0.1) is 0 Å². The van der Waals surface area contributed by atoms with Gasteiger partial charge in [-0.2, -0.15) is 0 Å². The van der Waals surface area contributed by atoms with Gasteiger partial charge in [-0.3, -0.25) is 0 Å². The molecule has 0 amide bonds. The lowest BCUT2D eigenvalue weighted by molar-refractivity contribution is -0.136. The maximum absolute atomic E-state index is 12.2. The molecule has 3 aromatic rings. The number of carbonyl (C=O) groups excluding carboxylic acids is 1. The van der Waals surface area contributed by atoms with Gasteiger partial charge in [0.15, 0.2) is 11.5 Å². The van der Waals surface area contributed by atoms with Gasteiger partial charge in [0.1, 0.15) is 12.3 Å². The molecule has 0 radical (unpaired) electrons. The quantitative estimate of drug-likeness (QED) is 0.436. The smallest absolute Gasteiger partial charge is 0.368 e. The normalized spacial score (nSPS) is 14.4. The van der Waals surface area contributed by atoms with Gasteiger partial charge < -0.3 is 14.3 Å². The molecule has 150 valence electrons. The molecule has 0 atom stereocenters. The number of nitrogens with zero attached hydrogens (tertiary/aromatic N) is 1. The molecule has 1 aliphatic rings. The predicted molar refractivity (Wildman–Crippen MR) is 116 cm³/mol. The van der Waals surface area contributed by atoms with E-state index in [1.807, 2.05) is 73.7 Å². The van der Waals surface area contributed by atoms with Gasteiger partial charge in [-0.1, -0.05) is 71.4 Å². The minimum absolute atomic E-state index is 0.400. The second kappa shape index (κ2) is 8.66. The Kier molecular flexibility index (Phi) is 5.61. The molecular weight excluding hydrogens is 378 g/mol. The molecule has 30 heavy (non-hydrogen) atoms. The third kappa shape index (κ3) is 4.25. The molecular formula is C25H21NO4. The summed E-state index contributed by atoms with van der Waals surface area (Å²) in [5.74, 6) is 0.737. The number of methoxy groups -OCH3 is 1. The zero-order chi connectivity index (χ0) is 20.9. The summed E-state index contributed by atoms with van der Waals surface area (Å²) < 4.78 is 11.4. The summed E-state index contributed by atoms with van der Waals surface area (Å²) in [4.78, 5) is 17.1. The first-order valence-corrected chi connectivity index (χ1v) is 9.57. The summed E-state index contributed by atoms with van der Waals surface area (Å²) in [5.41, 5.74) is 4.79. The first-order valence-electron chi connectivity index (χ1n) is 9.57. The molecule has 1 aliphatic heterocycles. The van der Waals surface area contributed by atoms with Crippen molar-refractivity contribution in [2.75, 3.05) is 7.11 Å². The standard InChI is InChI=1S/C25H21NO4/c1-17-7-6-8-19(13-17)16-29-22-12-11-18(15-23(22)28-2)14-21-24(26-30-25(21)27)20-9-4-3-5-10-20/h3-15H,16H2,1-2H3/b21-14-. The van der Waals surface area contributed by atoms with Gasteiger partial charge in [-0.05, 0) is 36.3 Å². The van der Waals surface area contributed by atoms with Crippen LogP contribution in [0, 0.1) is 6.92 Å². The molecule has 0 aliphatic carbocycles. The summed E-state index contributed by atoms with van der Waals surface area (Å²) in [6.07, 6.45) is 1.74. The highest BCUT2D eigenvalue weighted by atomic mass is 16.7. The van der Waals surface area contributed by atoms with E-state index in [-0.39, 0.29) is 0 Å². The SMILES string of the molecule is COc1cc(/C=C2\C(=O)ON=C2c2ccccc2)ccc1OCc1cccc(C)c1. The second-order valence-corrected chi connectivity index (χ2v) is 6.93. The maximum Gasteiger partial charge on any atom is 0.368 e. The predicted octanol–water partition coefficient (Wildman–Crippen LogP) is 4.93. The van der Waals surface area contributed by atoms with Gasteiger partial charge in [0.2, 0.25) is 0 Å². The molecule has 4 rings (SSSR count). The van der Waals surface area contributed by atoms with Crippen molar-refractivity contribution < 1.29 is 19.1 Å². The Labute approximate surface area is 175 Å². The van der Waals surface area contributed by atoms with Crippen molar-refractivity contribution >= 4 is 17.8 Å². The Bertz CT molecular complexity index is 1130. The van der Waals surface area contributed by atoms with Crippen LogP contribution in [-0.4, -0.2) is 18.8 Å². The van der Waals surface area contributed by atoms with Gasteiger partial charge in [0.25, 0.3) is 0 Å². The van der Waals surface area contributed by atoms with E-state index in [0.717, 1.165) is 16.7 Å². The van der Waals surface area contributed by atoms with E-state index in [1.54, 1.807) is 13.2 Å². The third-order valence-electron chi connectivity index (χ3n) is 4.72. The van der Waals surface area contributed by atoms with E-state index in [0.29, 0.717) is 29.4 Å². The molecule has 0 spiro atoms. The number of rotatable bonds is 6. The van der Waals surface area contributed by atoms with E-state index in [2.05, 4.69) is 11.2 Å². The van der Waals surface area contributed by atoms with Gasteiger partial charge in [-0.25, -0.2) is 4.79 Å². The number of ether oxygens (including phenoxy) is 2. The fraction of sp³-hybridized carbons (Fsp3) is 0.120. The van der Waals surface area contributed by atoms with Crippen LogP contribution in [0.15, 0.2) is 83.5 Å². The van der Waals surface area contributed by atoms with Gasteiger partial charge >= 0.3 is 5.97 Å². The van der Waals surface area contributed by atoms with Crippen molar-refractivity contribution in [1.82, 2.24) is 0 Å². The summed E-state index contributed by atoms with van der Waals surface area (Å²) in [5, 5.41) is 3.94. The molecule has 5 heteroatoms.